The standard InChI is InChI=1S/C22H23N3O8/c1-31-21(27)16-10-17(12-19(11-16)25(29)30)22(28)33-14-20(26)23-18-4-2-15(3-5-18)13-24-6-8-32-9-7-24/h2-5,10-12H,6-9,13-14H2,1H3,(H,23,26). The SMILES string of the molecule is COC(=O)c1cc(C(=O)OCC(=O)Nc2ccc(CN3CCOCC3)cc2)cc([N+](=O)[O-])c1. The minimum Gasteiger partial charge on any atom is -0.465 e. The Labute approximate surface area is 189 Å². The van der Waals surface area contributed by atoms with Crippen LogP contribution in [0.5, 0.6) is 0 Å². The summed E-state index contributed by atoms with van der Waals surface area (Å²) < 4.78 is 14.8. The smallest absolute Gasteiger partial charge is 0.338 e. The first-order valence-electron chi connectivity index (χ1n) is 10.1. The van der Waals surface area contributed by atoms with Crippen molar-refractivity contribution in [2.45, 2.75) is 6.54 Å². The molecule has 0 spiro atoms. The number of methoxy groups -OCH3 is 1. The van der Waals surface area contributed by atoms with Gasteiger partial charge in [0.2, 0.25) is 0 Å². The van der Waals surface area contributed by atoms with Gasteiger partial charge in [-0.1, -0.05) is 12.1 Å². The maximum atomic E-state index is 12.3. The van der Waals surface area contributed by atoms with Crippen LogP contribution in [0.1, 0.15) is 26.3 Å². The van der Waals surface area contributed by atoms with Crippen molar-refractivity contribution in [1.82, 2.24) is 4.90 Å². The number of esters is 2. The molecule has 0 atom stereocenters. The van der Waals surface area contributed by atoms with E-state index >= 15 is 0 Å². The number of nitro benzene ring substituents is 1. The van der Waals surface area contributed by atoms with Crippen molar-refractivity contribution >= 4 is 29.2 Å². The van der Waals surface area contributed by atoms with Crippen LogP contribution >= 0.6 is 0 Å². The number of ether oxygens (including phenoxy) is 3. The third-order valence-corrected chi connectivity index (χ3v) is 4.87. The molecule has 33 heavy (non-hydrogen) atoms. The van der Waals surface area contributed by atoms with Gasteiger partial charge in [0, 0.05) is 37.5 Å². The second-order valence-electron chi connectivity index (χ2n) is 7.23. The predicted octanol–water partition coefficient (Wildman–Crippen LogP) is 2.01. The lowest BCUT2D eigenvalue weighted by molar-refractivity contribution is -0.384. The van der Waals surface area contributed by atoms with E-state index in [-0.39, 0.29) is 11.1 Å². The van der Waals surface area contributed by atoms with Gasteiger partial charge in [0.25, 0.3) is 11.6 Å². The normalized spacial score (nSPS) is 13.7. The van der Waals surface area contributed by atoms with Gasteiger partial charge in [0.15, 0.2) is 6.61 Å². The number of amides is 1. The number of carbonyl (C=O) groups excluding carboxylic acids is 3. The first-order valence-corrected chi connectivity index (χ1v) is 10.1. The van der Waals surface area contributed by atoms with E-state index in [0.717, 1.165) is 50.5 Å². The monoisotopic (exact) mass is 457 g/mol. The number of benzene rings is 2. The Balaban J connectivity index is 1.55. The van der Waals surface area contributed by atoms with Gasteiger partial charge in [0.05, 0.1) is 36.4 Å². The summed E-state index contributed by atoms with van der Waals surface area (Å²) >= 11 is 0. The number of morpholine rings is 1. The highest BCUT2D eigenvalue weighted by Crippen LogP contribution is 2.19. The first kappa shape index (κ1) is 23.8. The summed E-state index contributed by atoms with van der Waals surface area (Å²) in [5.74, 6) is -2.41. The molecule has 0 bridgehead atoms. The topological polar surface area (TPSA) is 137 Å². The van der Waals surface area contributed by atoms with E-state index in [9.17, 15) is 24.5 Å². The summed E-state index contributed by atoms with van der Waals surface area (Å²) in [5, 5.41) is 13.7. The Morgan fingerprint density at radius 1 is 1.06 bits per heavy atom. The number of hydrogen-bond donors (Lipinski definition) is 1. The van der Waals surface area contributed by atoms with E-state index in [2.05, 4.69) is 15.0 Å². The van der Waals surface area contributed by atoms with Crippen LogP contribution in [-0.2, 0) is 25.5 Å². The van der Waals surface area contributed by atoms with Crippen molar-refractivity contribution in [3.8, 4) is 0 Å². The third-order valence-electron chi connectivity index (χ3n) is 4.87. The number of nitrogens with zero attached hydrogens (tertiary/aromatic N) is 2. The number of nitrogens with one attached hydrogen (secondary N) is 1. The highest BCUT2D eigenvalue weighted by molar-refractivity contribution is 5.98. The van der Waals surface area contributed by atoms with Gasteiger partial charge in [-0.3, -0.25) is 19.8 Å². The Hall–Kier alpha value is -3.83. The third kappa shape index (κ3) is 6.82. The Kier molecular flexibility index (Phi) is 8.06. The molecule has 11 nitrogen and oxygen atoms in total. The fourth-order valence-corrected chi connectivity index (χ4v) is 3.19. The molecule has 0 radical (unpaired) electrons. The van der Waals surface area contributed by atoms with Gasteiger partial charge < -0.3 is 19.5 Å². The van der Waals surface area contributed by atoms with Gasteiger partial charge >= 0.3 is 11.9 Å². The van der Waals surface area contributed by atoms with Crippen molar-refractivity contribution in [3.05, 3.63) is 69.3 Å². The molecular weight excluding hydrogens is 434 g/mol. The maximum absolute atomic E-state index is 12.3. The lowest BCUT2D eigenvalue weighted by atomic mass is 10.1. The molecule has 174 valence electrons. The molecule has 1 heterocycles. The Morgan fingerprint density at radius 3 is 2.30 bits per heavy atom. The van der Waals surface area contributed by atoms with Gasteiger partial charge in [-0.05, 0) is 23.8 Å². The molecule has 2 aromatic carbocycles. The molecule has 0 saturated carbocycles. The van der Waals surface area contributed by atoms with Crippen molar-refractivity contribution in [1.29, 1.82) is 0 Å². The summed E-state index contributed by atoms with van der Waals surface area (Å²) in [6.45, 7) is 3.35. The lowest BCUT2D eigenvalue weighted by Crippen LogP contribution is -2.35. The van der Waals surface area contributed by atoms with Crippen LogP contribution in [0, 0.1) is 10.1 Å². The number of rotatable bonds is 8. The highest BCUT2D eigenvalue weighted by Gasteiger charge is 2.20. The molecule has 3 rings (SSSR count). The second kappa shape index (κ2) is 11.2. The van der Waals surface area contributed by atoms with Crippen molar-refractivity contribution in [2.75, 3.05) is 45.3 Å². The number of hydrogen-bond acceptors (Lipinski definition) is 9. The van der Waals surface area contributed by atoms with Gasteiger partial charge in [-0.25, -0.2) is 9.59 Å². The molecule has 1 N–H and O–H groups in total. The van der Waals surface area contributed by atoms with Gasteiger partial charge in [-0.15, -0.1) is 0 Å². The zero-order chi connectivity index (χ0) is 23.8. The highest BCUT2D eigenvalue weighted by atomic mass is 16.6. The van der Waals surface area contributed by atoms with Crippen LogP contribution in [-0.4, -0.2) is 67.7 Å². The van der Waals surface area contributed by atoms with E-state index in [4.69, 9.17) is 9.47 Å². The zero-order valence-corrected chi connectivity index (χ0v) is 17.9. The minimum atomic E-state index is -0.986. The van der Waals surface area contributed by atoms with Gasteiger partial charge in [-0.2, -0.15) is 0 Å². The number of non-ortho nitro benzene ring substituents is 1. The first-order chi connectivity index (χ1) is 15.9. The molecule has 2 aromatic rings. The number of nitro groups is 1. The molecule has 11 heteroatoms. The minimum absolute atomic E-state index is 0.180. The maximum Gasteiger partial charge on any atom is 0.338 e. The second-order valence-corrected chi connectivity index (χ2v) is 7.23. The lowest BCUT2D eigenvalue weighted by Gasteiger charge is -2.26. The van der Waals surface area contributed by atoms with E-state index < -0.39 is 35.1 Å². The molecule has 0 unspecified atom stereocenters. The largest absolute Gasteiger partial charge is 0.465 e. The predicted molar refractivity (Wildman–Crippen MR) is 116 cm³/mol. The average molecular weight is 457 g/mol. The molecular formula is C22H23N3O8. The van der Waals surface area contributed by atoms with Crippen LogP contribution in [0.4, 0.5) is 11.4 Å². The molecule has 0 aliphatic carbocycles. The number of anilines is 1. The van der Waals surface area contributed by atoms with Crippen molar-refractivity contribution in [2.24, 2.45) is 0 Å². The Bertz CT molecular complexity index is 1030. The molecule has 1 amide bonds. The molecule has 1 aliphatic rings. The number of carbonyl (C=O) groups is 3. The van der Waals surface area contributed by atoms with E-state index in [1.54, 1.807) is 12.1 Å². The molecule has 0 aromatic heterocycles. The average Bonchev–Trinajstić information content (AvgIpc) is 2.83. The van der Waals surface area contributed by atoms with Crippen molar-refractivity contribution in [3.63, 3.8) is 0 Å². The summed E-state index contributed by atoms with van der Waals surface area (Å²) in [5.41, 5.74) is 0.718. The summed E-state index contributed by atoms with van der Waals surface area (Å²) in [7, 11) is 1.11. The van der Waals surface area contributed by atoms with Crippen LogP contribution < -0.4 is 5.32 Å². The molecule has 1 aliphatic heterocycles. The van der Waals surface area contributed by atoms with Crippen LogP contribution in [0.15, 0.2) is 42.5 Å². The van der Waals surface area contributed by atoms with Crippen LogP contribution in [0.2, 0.25) is 0 Å². The van der Waals surface area contributed by atoms with E-state index in [0.29, 0.717) is 18.9 Å². The fraction of sp³-hybridized carbons (Fsp3) is 0.318. The summed E-state index contributed by atoms with van der Waals surface area (Å²) in [6.07, 6.45) is 0. The summed E-state index contributed by atoms with van der Waals surface area (Å²) in [4.78, 5) is 48.7. The fourth-order valence-electron chi connectivity index (χ4n) is 3.19. The van der Waals surface area contributed by atoms with E-state index in [1.165, 1.54) is 0 Å². The Morgan fingerprint density at radius 2 is 1.70 bits per heavy atom. The van der Waals surface area contributed by atoms with Crippen LogP contribution in [0.25, 0.3) is 0 Å². The molecule has 1 saturated heterocycles. The van der Waals surface area contributed by atoms with Gasteiger partial charge in [0.1, 0.15) is 0 Å². The zero-order valence-electron chi connectivity index (χ0n) is 17.9. The van der Waals surface area contributed by atoms with Crippen LogP contribution in [0.3, 0.4) is 0 Å². The van der Waals surface area contributed by atoms with E-state index in [1.807, 2.05) is 12.1 Å². The quantitative estimate of drug-likeness (QED) is 0.358. The molecule has 1 fully saturated rings. The summed E-state index contributed by atoms with van der Waals surface area (Å²) in [6, 6.07) is 10.3. The van der Waals surface area contributed by atoms with Crippen molar-refractivity contribution < 1.29 is 33.5 Å².